The molecule has 1 N–H and O–H groups in total. The molecule has 1 amide bonds. The maximum Gasteiger partial charge on any atom is 0.294 e. The Labute approximate surface area is 147 Å². The van der Waals surface area contributed by atoms with Crippen molar-refractivity contribution in [3.8, 4) is 6.07 Å². The van der Waals surface area contributed by atoms with Crippen LogP contribution < -0.4 is 5.32 Å². The van der Waals surface area contributed by atoms with Crippen LogP contribution in [0.5, 0.6) is 0 Å². The van der Waals surface area contributed by atoms with Gasteiger partial charge in [-0.1, -0.05) is 35.3 Å². The maximum atomic E-state index is 12.2. The van der Waals surface area contributed by atoms with Gasteiger partial charge in [-0.15, -0.1) is 0 Å². The second kappa shape index (κ2) is 7.59. The first-order chi connectivity index (χ1) is 11.4. The minimum atomic E-state index is -0.766. The van der Waals surface area contributed by atoms with Crippen molar-refractivity contribution in [2.24, 2.45) is 0 Å². The fourth-order valence-electron chi connectivity index (χ4n) is 1.83. The lowest BCUT2D eigenvalue weighted by Gasteiger charge is -2.05. The van der Waals surface area contributed by atoms with Crippen LogP contribution in [0.4, 0.5) is 11.4 Å². The Morgan fingerprint density at radius 3 is 2.38 bits per heavy atom. The quantitative estimate of drug-likeness (QED) is 0.376. The predicted molar refractivity (Wildman–Crippen MR) is 91.8 cm³/mol. The summed E-state index contributed by atoms with van der Waals surface area (Å²) in [4.78, 5) is 22.5. The molecule has 0 radical (unpaired) electrons. The van der Waals surface area contributed by atoms with E-state index in [1.807, 2.05) is 0 Å². The molecule has 120 valence electrons. The van der Waals surface area contributed by atoms with Crippen LogP contribution in [0.1, 0.15) is 5.56 Å². The highest BCUT2D eigenvalue weighted by Gasteiger charge is 2.18. The maximum absolute atomic E-state index is 12.2. The van der Waals surface area contributed by atoms with Gasteiger partial charge in [0.25, 0.3) is 11.6 Å². The van der Waals surface area contributed by atoms with Gasteiger partial charge in [0.05, 0.1) is 4.92 Å². The normalized spacial score (nSPS) is 10.8. The van der Waals surface area contributed by atoms with Crippen LogP contribution in [0.25, 0.3) is 6.08 Å². The lowest BCUT2D eigenvalue weighted by molar-refractivity contribution is -0.383. The molecule has 0 aliphatic rings. The Kier molecular flexibility index (Phi) is 5.53. The molecular weight excluding hydrogens is 353 g/mol. The molecule has 0 saturated heterocycles. The summed E-state index contributed by atoms with van der Waals surface area (Å²) >= 11 is 11.5. The number of carbonyl (C=O) groups is 1. The van der Waals surface area contributed by atoms with Gasteiger partial charge in [-0.25, -0.2) is 0 Å². The first-order valence-electron chi connectivity index (χ1n) is 6.53. The van der Waals surface area contributed by atoms with Crippen molar-refractivity contribution >= 4 is 46.6 Å². The van der Waals surface area contributed by atoms with Gasteiger partial charge in [-0.3, -0.25) is 14.9 Å². The molecule has 24 heavy (non-hydrogen) atoms. The number of nitriles is 1. The Morgan fingerprint density at radius 2 is 1.79 bits per heavy atom. The van der Waals surface area contributed by atoms with Crippen LogP contribution in [0, 0.1) is 21.4 Å². The number of anilines is 1. The lowest BCUT2D eigenvalue weighted by atomic mass is 10.1. The molecule has 0 unspecified atom stereocenters. The van der Waals surface area contributed by atoms with Gasteiger partial charge < -0.3 is 5.32 Å². The van der Waals surface area contributed by atoms with Crippen molar-refractivity contribution in [1.29, 1.82) is 5.26 Å². The molecule has 0 aliphatic heterocycles. The van der Waals surface area contributed by atoms with Crippen LogP contribution in [0.15, 0.2) is 48.0 Å². The van der Waals surface area contributed by atoms with E-state index in [2.05, 4.69) is 5.32 Å². The first-order valence-corrected chi connectivity index (χ1v) is 7.29. The third-order valence-electron chi connectivity index (χ3n) is 2.95. The monoisotopic (exact) mass is 361 g/mol. The Hall–Kier alpha value is -2.88. The molecule has 8 heteroatoms. The molecule has 0 bridgehead atoms. The van der Waals surface area contributed by atoms with Gasteiger partial charge in [-0.2, -0.15) is 5.26 Å². The number of hydrogen-bond donors (Lipinski definition) is 1. The molecule has 0 atom stereocenters. The smallest absolute Gasteiger partial charge is 0.294 e. The Morgan fingerprint density at radius 1 is 1.17 bits per heavy atom. The van der Waals surface area contributed by atoms with Crippen molar-refractivity contribution in [1.82, 2.24) is 0 Å². The van der Waals surface area contributed by atoms with Crippen LogP contribution in [0.2, 0.25) is 10.0 Å². The largest absolute Gasteiger partial charge is 0.316 e. The van der Waals surface area contributed by atoms with E-state index in [9.17, 15) is 14.9 Å². The second-order valence-electron chi connectivity index (χ2n) is 4.59. The van der Waals surface area contributed by atoms with Crippen LogP contribution >= 0.6 is 23.2 Å². The number of nitrogens with one attached hydrogen (secondary N) is 1. The highest BCUT2D eigenvalue weighted by molar-refractivity contribution is 6.31. The number of nitrogens with zero attached hydrogens (tertiary/aromatic N) is 2. The topological polar surface area (TPSA) is 96.0 Å². The Bertz CT molecular complexity index is 871. The number of benzene rings is 2. The minimum absolute atomic E-state index is 0.0494. The molecule has 0 spiro atoms. The third kappa shape index (κ3) is 4.32. The number of amides is 1. The number of rotatable bonds is 4. The van der Waals surface area contributed by atoms with Crippen molar-refractivity contribution in [2.45, 2.75) is 0 Å². The number of carbonyl (C=O) groups excluding carboxylic acids is 1. The molecule has 0 aromatic heterocycles. The third-order valence-corrected chi connectivity index (χ3v) is 3.44. The average Bonchev–Trinajstić information content (AvgIpc) is 2.55. The zero-order valence-corrected chi connectivity index (χ0v) is 13.5. The number of hydrogen-bond acceptors (Lipinski definition) is 4. The summed E-state index contributed by atoms with van der Waals surface area (Å²) in [5.41, 5.74) is -0.0236. The van der Waals surface area contributed by atoms with Gasteiger partial charge in [0.15, 0.2) is 0 Å². The molecule has 2 aromatic carbocycles. The van der Waals surface area contributed by atoms with E-state index in [0.717, 1.165) is 6.07 Å². The zero-order chi connectivity index (χ0) is 17.7. The van der Waals surface area contributed by atoms with E-state index in [4.69, 9.17) is 28.5 Å². The highest BCUT2D eigenvalue weighted by atomic mass is 35.5. The first kappa shape index (κ1) is 17.5. The second-order valence-corrected chi connectivity index (χ2v) is 5.47. The van der Waals surface area contributed by atoms with Crippen molar-refractivity contribution in [3.05, 3.63) is 73.8 Å². The summed E-state index contributed by atoms with van der Waals surface area (Å²) in [5, 5.41) is 23.2. The number of halogens is 2. The molecule has 0 saturated carbocycles. The molecule has 0 fully saturated rings. The SMILES string of the molecule is N#C/C(=C\c1ccc(Cl)cc1)C(=O)Nc1ccc(Cl)cc1[N+](=O)[O-]. The van der Waals surface area contributed by atoms with E-state index in [1.165, 1.54) is 18.2 Å². The van der Waals surface area contributed by atoms with E-state index in [-0.39, 0.29) is 22.0 Å². The van der Waals surface area contributed by atoms with Crippen LogP contribution in [-0.2, 0) is 4.79 Å². The molecule has 2 rings (SSSR count). The summed E-state index contributed by atoms with van der Waals surface area (Å²) in [6.07, 6.45) is 1.35. The average molecular weight is 362 g/mol. The van der Waals surface area contributed by atoms with Crippen molar-refractivity contribution in [3.63, 3.8) is 0 Å². The summed E-state index contributed by atoms with van der Waals surface area (Å²) in [5.74, 6) is -0.766. The molecule has 0 aliphatic carbocycles. The van der Waals surface area contributed by atoms with Crippen LogP contribution in [-0.4, -0.2) is 10.8 Å². The van der Waals surface area contributed by atoms with Crippen LogP contribution in [0.3, 0.4) is 0 Å². The van der Waals surface area contributed by atoms with Gasteiger partial charge in [0.2, 0.25) is 0 Å². The predicted octanol–water partition coefficient (Wildman–Crippen LogP) is 4.45. The summed E-state index contributed by atoms with van der Waals surface area (Å²) in [6, 6.07) is 12.1. The summed E-state index contributed by atoms with van der Waals surface area (Å²) in [7, 11) is 0. The van der Waals surface area contributed by atoms with Crippen molar-refractivity contribution < 1.29 is 9.72 Å². The zero-order valence-electron chi connectivity index (χ0n) is 12.0. The molecule has 0 heterocycles. The van der Waals surface area contributed by atoms with E-state index in [0.29, 0.717) is 10.6 Å². The molecule has 2 aromatic rings. The van der Waals surface area contributed by atoms with E-state index >= 15 is 0 Å². The fraction of sp³-hybridized carbons (Fsp3) is 0. The highest BCUT2D eigenvalue weighted by Crippen LogP contribution is 2.28. The van der Waals surface area contributed by atoms with E-state index in [1.54, 1.807) is 30.3 Å². The minimum Gasteiger partial charge on any atom is -0.316 e. The van der Waals surface area contributed by atoms with Gasteiger partial charge in [0, 0.05) is 16.1 Å². The van der Waals surface area contributed by atoms with E-state index < -0.39 is 10.8 Å². The lowest BCUT2D eigenvalue weighted by Crippen LogP contribution is -2.14. The van der Waals surface area contributed by atoms with Gasteiger partial charge >= 0.3 is 0 Å². The number of nitro benzene ring substituents is 1. The molecular formula is C16H9Cl2N3O3. The van der Waals surface area contributed by atoms with Gasteiger partial charge in [-0.05, 0) is 35.9 Å². The fourth-order valence-corrected chi connectivity index (χ4v) is 2.12. The molecule has 6 nitrogen and oxygen atoms in total. The van der Waals surface area contributed by atoms with Gasteiger partial charge in [0.1, 0.15) is 17.3 Å². The summed E-state index contributed by atoms with van der Waals surface area (Å²) in [6.45, 7) is 0. The summed E-state index contributed by atoms with van der Waals surface area (Å²) < 4.78 is 0. The van der Waals surface area contributed by atoms with Crippen molar-refractivity contribution in [2.75, 3.05) is 5.32 Å². The number of nitro groups is 1. The standard InChI is InChI=1S/C16H9Cl2N3O3/c17-12-3-1-10(2-4-12)7-11(9-19)16(22)20-14-6-5-13(18)8-15(14)21(23)24/h1-8H,(H,20,22)/b11-7+. The Balaban J connectivity index is 2.29.